The smallest absolute Gasteiger partial charge is 0.443 e. The molecule has 0 aliphatic heterocycles. The zero-order chi connectivity index (χ0) is 21.5. The first-order valence-corrected chi connectivity index (χ1v) is 9.65. The Morgan fingerprint density at radius 2 is 2.07 bits per heavy atom. The van der Waals surface area contributed by atoms with Gasteiger partial charge < -0.3 is 9.73 Å². The number of amides is 1. The normalized spacial score (nSPS) is 11.9. The number of halogens is 3. The fourth-order valence-corrected chi connectivity index (χ4v) is 3.55. The number of nitrogens with zero attached hydrogens (tertiary/aromatic N) is 5. The molecule has 0 aliphatic rings. The van der Waals surface area contributed by atoms with E-state index in [4.69, 9.17) is 4.42 Å². The third-order valence-electron chi connectivity index (χ3n) is 4.39. The van der Waals surface area contributed by atoms with Crippen molar-refractivity contribution < 1.29 is 22.4 Å². The van der Waals surface area contributed by atoms with Crippen LogP contribution in [0.1, 0.15) is 28.5 Å². The molecule has 0 saturated carbocycles. The van der Waals surface area contributed by atoms with E-state index in [0.717, 1.165) is 9.39 Å². The van der Waals surface area contributed by atoms with Crippen LogP contribution in [-0.2, 0) is 23.9 Å². The lowest BCUT2D eigenvalue weighted by molar-refractivity contribution is -0.144. The van der Waals surface area contributed by atoms with E-state index in [1.165, 1.54) is 17.6 Å². The van der Waals surface area contributed by atoms with Crippen LogP contribution in [0.4, 0.5) is 13.2 Å². The van der Waals surface area contributed by atoms with Crippen molar-refractivity contribution in [1.29, 1.82) is 0 Å². The number of oxazole rings is 1. The molecule has 30 heavy (non-hydrogen) atoms. The largest absolute Gasteiger partial charge is 0.453 e. The Labute approximate surface area is 171 Å². The highest BCUT2D eigenvalue weighted by atomic mass is 32.1. The molecule has 8 nitrogen and oxygen atoms in total. The van der Waals surface area contributed by atoms with Gasteiger partial charge in [0.1, 0.15) is 6.26 Å². The number of hydrogen-bond donors (Lipinski definition) is 1. The summed E-state index contributed by atoms with van der Waals surface area (Å²) in [6.45, 7) is 3.34. The van der Waals surface area contributed by atoms with Gasteiger partial charge in [-0.05, 0) is 25.3 Å². The van der Waals surface area contributed by atoms with Gasteiger partial charge in [0.25, 0.3) is 11.6 Å². The highest BCUT2D eigenvalue weighted by molar-refractivity contribution is 7.13. The molecule has 0 aromatic carbocycles. The molecule has 0 aliphatic carbocycles. The molecule has 0 saturated heterocycles. The first-order valence-electron chi connectivity index (χ1n) is 8.77. The summed E-state index contributed by atoms with van der Waals surface area (Å²) in [6.07, 6.45) is -3.28. The Balaban J connectivity index is 1.47. The van der Waals surface area contributed by atoms with E-state index in [9.17, 15) is 18.0 Å². The Hall–Kier alpha value is -3.28. The third-order valence-corrected chi connectivity index (χ3v) is 5.25. The maximum atomic E-state index is 12.9. The zero-order valence-electron chi connectivity index (χ0n) is 15.8. The van der Waals surface area contributed by atoms with Gasteiger partial charge in [0.15, 0.2) is 0 Å². The number of fused-ring (bicyclic) bond motifs is 1. The number of aromatic nitrogens is 5. The van der Waals surface area contributed by atoms with Crippen LogP contribution in [0.15, 0.2) is 28.2 Å². The molecule has 1 amide bonds. The molecule has 4 rings (SSSR count). The second-order valence-electron chi connectivity index (χ2n) is 6.48. The van der Waals surface area contributed by atoms with Gasteiger partial charge in [-0.1, -0.05) is 6.07 Å². The molecule has 156 valence electrons. The molecule has 0 spiro atoms. The summed E-state index contributed by atoms with van der Waals surface area (Å²) < 4.78 is 45.0. The molecule has 0 fully saturated rings. The van der Waals surface area contributed by atoms with Gasteiger partial charge in [-0.2, -0.15) is 18.2 Å². The van der Waals surface area contributed by atoms with E-state index in [-0.39, 0.29) is 24.7 Å². The van der Waals surface area contributed by atoms with Crippen LogP contribution in [0, 0.1) is 13.8 Å². The van der Waals surface area contributed by atoms with Crippen LogP contribution in [0.3, 0.4) is 0 Å². The average molecular weight is 436 g/mol. The Morgan fingerprint density at radius 3 is 2.77 bits per heavy atom. The second-order valence-corrected chi connectivity index (χ2v) is 7.43. The van der Waals surface area contributed by atoms with E-state index in [1.807, 2.05) is 17.5 Å². The predicted molar refractivity (Wildman–Crippen MR) is 101 cm³/mol. The lowest BCUT2D eigenvalue weighted by atomic mass is 10.1. The van der Waals surface area contributed by atoms with Gasteiger partial charge in [-0.3, -0.25) is 4.79 Å². The van der Waals surface area contributed by atoms with Crippen molar-refractivity contribution in [1.82, 2.24) is 29.9 Å². The fraction of sp³-hybridized carbons (Fsp3) is 0.278. The predicted octanol–water partition coefficient (Wildman–Crippen LogP) is 3.34. The molecule has 4 aromatic rings. The highest BCUT2D eigenvalue weighted by Crippen LogP contribution is 2.27. The number of thiophene rings is 1. The molecule has 4 heterocycles. The van der Waals surface area contributed by atoms with Crippen molar-refractivity contribution in [2.75, 3.05) is 0 Å². The minimum absolute atomic E-state index is 0.0720. The Bertz CT molecular complexity index is 1210. The van der Waals surface area contributed by atoms with Gasteiger partial charge in [0.2, 0.25) is 11.8 Å². The number of carbonyl (C=O) groups excluding carboxylic acids is 1. The van der Waals surface area contributed by atoms with Gasteiger partial charge in [-0.15, -0.1) is 16.4 Å². The fourth-order valence-electron chi connectivity index (χ4n) is 2.90. The average Bonchev–Trinajstić information content (AvgIpc) is 3.42. The standard InChI is InChI=1S/C18H15F3N6O2S/c1-9-12(10(2)27-17(23-9)25-16(26-27)18(19,20)21)6-14(28)22-7-11-8-29-15(24-11)13-4-3-5-30-13/h3-5,8H,6-7H2,1-2H3,(H,22,28). The lowest BCUT2D eigenvalue weighted by Gasteiger charge is -2.10. The van der Waals surface area contributed by atoms with E-state index < -0.39 is 12.0 Å². The lowest BCUT2D eigenvalue weighted by Crippen LogP contribution is -2.26. The second kappa shape index (κ2) is 7.52. The molecular formula is C18H15F3N6O2S. The first kappa shape index (κ1) is 20.0. The van der Waals surface area contributed by atoms with Crippen LogP contribution in [0.2, 0.25) is 0 Å². The van der Waals surface area contributed by atoms with Gasteiger partial charge in [-0.25, -0.2) is 14.5 Å². The van der Waals surface area contributed by atoms with Gasteiger partial charge >= 0.3 is 6.18 Å². The summed E-state index contributed by atoms with van der Waals surface area (Å²) in [4.78, 5) is 25.1. The summed E-state index contributed by atoms with van der Waals surface area (Å²) >= 11 is 1.49. The van der Waals surface area contributed by atoms with Crippen LogP contribution in [0.5, 0.6) is 0 Å². The van der Waals surface area contributed by atoms with Crippen LogP contribution in [0.25, 0.3) is 16.5 Å². The van der Waals surface area contributed by atoms with E-state index >= 15 is 0 Å². The van der Waals surface area contributed by atoms with Crippen LogP contribution in [-0.4, -0.2) is 30.5 Å². The van der Waals surface area contributed by atoms with E-state index in [2.05, 4.69) is 25.4 Å². The van der Waals surface area contributed by atoms with Crippen molar-refractivity contribution in [3.8, 4) is 10.8 Å². The monoisotopic (exact) mass is 436 g/mol. The van der Waals surface area contributed by atoms with E-state index in [1.54, 1.807) is 13.8 Å². The summed E-state index contributed by atoms with van der Waals surface area (Å²) in [6, 6.07) is 3.76. The highest BCUT2D eigenvalue weighted by Gasteiger charge is 2.37. The molecule has 0 radical (unpaired) electrons. The number of rotatable bonds is 5. The summed E-state index contributed by atoms with van der Waals surface area (Å²) in [5.41, 5.74) is 1.83. The van der Waals surface area contributed by atoms with Crippen molar-refractivity contribution in [3.63, 3.8) is 0 Å². The first-order chi connectivity index (χ1) is 14.2. The van der Waals surface area contributed by atoms with Crippen molar-refractivity contribution in [2.24, 2.45) is 0 Å². The minimum Gasteiger partial charge on any atom is -0.443 e. The maximum absolute atomic E-state index is 12.9. The number of aryl methyl sites for hydroxylation is 2. The molecule has 0 atom stereocenters. The molecular weight excluding hydrogens is 421 g/mol. The maximum Gasteiger partial charge on any atom is 0.453 e. The molecule has 1 N–H and O–H groups in total. The molecule has 4 aromatic heterocycles. The third kappa shape index (κ3) is 3.90. The number of nitrogens with one attached hydrogen (secondary N) is 1. The van der Waals surface area contributed by atoms with E-state index in [0.29, 0.717) is 28.5 Å². The zero-order valence-corrected chi connectivity index (χ0v) is 16.6. The van der Waals surface area contributed by atoms with Crippen molar-refractivity contribution in [2.45, 2.75) is 33.0 Å². The molecule has 0 unspecified atom stereocenters. The van der Waals surface area contributed by atoms with Crippen molar-refractivity contribution in [3.05, 3.63) is 52.2 Å². The topological polar surface area (TPSA) is 98.2 Å². The van der Waals surface area contributed by atoms with Gasteiger partial charge in [0.05, 0.1) is 23.5 Å². The number of carbonyl (C=O) groups is 1. The summed E-state index contributed by atoms with van der Waals surface area (Å²) in [5, 5.41) is 8.11. The summed E-state index contributed by atoms with van der Waals surface area (Å²) in [5.74, 6) is -1.29. The quantitative estimate of drug-likeness (QED) is 0.515. The number of alkyl halides is 3. The van der Waals surface area contributed by atoms with Crippen molar-refractivity contribution >= 4 is 23.0 Å². The molecule has 0 bridgehead atoms. The molecule has 12 heteroatoms. The van der Waals surface area contributed by atoms with Crippen LogP contribution < -0.4 is 5.32 Å². The SMILES string of the molecule is Cc1nc2nc(C(F)(F)F)nn2c(C)c1CC(=O)NCc1coc(-c2cccs2)n1. The number of hydrogen-bond acceptors (Lipinski definition) is 7. The summed E-state index contributed by atoms with van der Waals surface area (Å²) in [7, 11) is 0. The minimum atomic E-state index is -4.68. The Kier molecular flexibility index (Phi) is 5.02. The Morgan fingerprint density at radius 1 is 1.27 bits per heavy atom. The van der Waals surface area contributed by atoms with Gasteiger partial charge in [0, 0.05) is 17.0 Å². The van der Waals surface area contributed by atoms with Crippen LogP contribution >= 0.6 is 11.3 Å².